The summed E-state index contributed by atoms with van der Waals surface area (Å²) in [6.07, 6.45) is 3.46. The number of amides is 1. The van der Waals surface area contributed by atoms with Gasteiger partial charge in [-0.1, -0.05) is 0 Å². The fourth-order valence-corrected chi connectivity index (χ4v) is 2.26. The van der Waals surface area contributed by atoms with Gasteiger partial charge in [-0.25, -0.2) is 0 Å². The van der Waals surface area contributed by atoms with E-state index in [2.05, 4.69) is 17.1 Å². The Hall–Kier alpha value is -0.610. The standard InChI is InChI=1S/C11H21N3O/c1-8(7-14-4-2-3-5-14)13-11(15)9-6-10(9)12/h8-10H,2-7,12H2,1H3,(H,13,15). The largest absolute Gasteiger partial charge is 0.352 e. The molecule has 2 fully saturated rings. The molecule has 3 atom stereocenters. The van der Waals surface area contributed by atoms with E-state index < -0.39 is 0 Å². The fourth-order valence-electron chi connectivity index (χ4n) is 2.26. The molecular weight excluding hydrogens is 190 g/mol. The van der Waals surface area contributed by atoms with E-state index in [-0.39, 0.29) is 23.9 Å². The number of hydrogen-bond acceptors (Lipinski definition) is 3. The van der Waals surface area contributed by atoms with Gasteiger partial charge in [0.25, 0.3) is 0 Å². The van der Waals surface area contributed by atoms with E-state index >= 15 is 0 Å². The van der Waals surface area contributed by atoms with Gasteiger partial charge in [0.15, 0.2) is 0 Å². The van der Waals surface area contributed by atoms with Crippen molar-refractivity contribution >= 4 is 5.91 Å². The molecule has 1 saturated carbocycles. The molecule has 0 aromatic heterocycles. The van der Waals surface area contributed by atoms with Crippen molar-refractivity contribution in [3.8, 4) is 0 Å². The molecule has 4 heteroatoms. The highest BCUT2D eigenvalue weighted by molar-refractivity contribution is 5.82. The molecule has 3 unspecified atom stereocenters. The molecule has 86 valence electrons. The first kappa shape index (κ1) is 10.9. The van der Waals surface area contributed by atoms with Crippen LogP contribution in [0, 0.1) is 5.92 Å². The highest BCUT2D eigenvalue weighted by atomic mass is 16.2. The van der Waals surface area contributed by atoms with Gasteiger partial charge in [0, 0.05) is 18.6 Å². The smallest absolute Gasteiger partial charge is 0.224 e. The fraction of sp³-hybridized carbons (Fsp3) is 0.909. The van der Waals surface area contributed by atoms with E-state index in [4.69, 9.17) is 5.73 Å². The quantitative estimate of drug-likeness (QED) is 0.684. The Balaban J connectivity index is 1.67. The first-order valence-electron chi connectivity index (χ1n) is 5.95. The van der Waals surface area contributed by atoms with Crippen molar-refractivity contribution < 1.29 is 4.79 Å². The predicted molar refractivity (Wildman–Crippen MR) is 59.4 cm³/mol. The predicted octanol–water partition coefficient (Wildman–Crippen LogP) is -0.0659. The second kappa shape index (κ2) is 4.49. The number of hydrogen-bond donors (Lipinski definition) is 2. The molecule has 1 amide bonds. The zero-order valence-electron chi connectivity index (χ0n) is 9.41. The maximum Gasteiger partial charge on any atom is 0.224 e. The normalized spacial score (nSPS) is 32.7. The summed E-state index contributed by atoms with van der Waals surface area (Å²) in [7, 11) is 0. The van der Waals surface area contributed by atoms with Crippen LogP contribution in [-0.4, -0.2) is 42.5 Å². The molecule has 0 aromatic rings. The lowest BCUT2D eigenvalue weighted by molar-refractivity contribution is -0.123. The van der Waals surface area contributed by atoms with Crippen LogP contribution in [-0.2, 0) is 4.79 Å². The molecule has 2 rings (SSSR count). The van der Waals surface area contributed by atoms with Crippen LogP contribution in [0.15, 0.2) is 0 Å². The average molecular weight is 211 g/mol. The Morgan fingerprint density at radius 2 is 2.13 bits per heavy atom. The molecule has 2 aliphatic rings. The number of carbonyl (C=O) groups is 1. The van der Waals surface area contributed by atoms with Gasteiger partial charge in [-0.15, -0.1) is 0 Å². The van der Waals surface area contributed by atoms with Crippen LogP contribution < -0.4 is 11.1 Å². The van der Waals surface area contributed by atoms with Gasteiger partial charge in [-0.2, -0.15) is 0 Å². The maximum atomic E-state index is 11.6. The summed E-state index contributed by atoms with van der Waals surface area (Å²) in [6.45, 7) is 5.42. The second-order valence-electron chi connectivity index (χ2n) is 4.92. The molecule has 1 aliphatic carbocycles. The van der Waals surface area contributed by atoms with Crippen molar-refractivity contribution in [2.45, 2.75) is 38.3 Å². The van der Waals surface area contributed by atoms with Crippen molar-refractivity contribution in [3.05, 3.63) is 0 Å². The second-order valence-corrected chi connectivity index (χ2v) is 4.92. The van der Waals surface area contributed by atoms with Gasteiger partial charge in [-0.3, -0.25) is 4.79 Å². The highest BCUT2D eigenvalue weighted by Crippen LogP contribution is 2.27. The van der Waals surface area contributed by atoms with E-state index in [1.54, 1.807) is 0 Å². The minimum atomic E-state index is 0.0889. The van der Waals surface area contributed by atoms with Crippen molar-refractivity contribution in [1.82, 2.24) is 10.2 Å². The maximum absolute atomic E-state index is 11.6. The van der Waals surface area contributed by atoms with Crippen molar-refractivity contribution in [2.75, 3.05) is 19.6 Å². The molecule has 15 heavy (non-hydrogen) atoms. The first-order chi connectivity index (χ1) is 7.16. The van der Waals surface area contributed by atoms with Gasteiger partial charge in [0.2, 0.25) is 5.91 Å². The molecule has 0 bridgehead atoms. The third-order valence-corrected chi connectivity index (χ3v) is 3.30. The third kappa shape index (κ3) is 2.92. The Morgan fingerprint density at radius 1 is 1.53 bits per heavy atom. The third-order valence-electron chi connectivity index (χ3n) is 3.30. The van der Waals surface area contributed by atoms with Crippen molar-refractivity contribution in [1.29, 1.82) is 0 Å². The SMILES string of the molecule is CC(CN1CCCC1)NC(=O)C1CC1N. The number of nitrogens with two attached hydrogens (primary N) is 1. The van der Waals surface area contributed by atoms with E-state index in [1.165, 1.54) is 25.9 Å². The molecule has 1 saturated heterocycles. The number of nitrogens with zero attached hydrogens (tertiary/aromatic N) is 1. The monoisotopic (exact) mass is 211 g/mol. The van der Waals surface area contributed by atoms with Crippen LogP contribution in [0.4, 0.5) is 0 Å². The number of likely N-dealkylation sites (tertiary alicyclic amines) is 1. The summed E-state index contributed by atoms with van der Waals surface area (Å²) in [5, 5.41) is 3.04. The van der Waals surface area contributed by atoms with Crippen molar-refractivity contribution in [2.24, 2.45) is 11.7 Å². The number of rotatable bonds is 4. The van der Waals surface area contributed by atoms with Gasteiger partial charge in [0.1, 0.15) is 0 Å². The molecule has 1 aliphatic heterocycles. The molecule has 4 nitrogen and oxygen atoms in total. The van der Waals surface area contributed by atoms with Crippen LogP contribution in [0.2, 0.25) is 0 Å². The van der Waals surface area contributed by atoms with Crippen LogP contribution in [0.1, 0.15) is 26.2 Å². The van der Waals surface area contributed by atoms with Crippen LogP contribution in [0.25, 0.3) is 0 Å². The molecule has 3 N–H and O–H groups in total. The first-order valence-corrected chi connectivity index (χ1v) is 5.95. The van der Waals surface area contributed by atoms with Gasteiger partial charge < -0.3 is 16.0 Å². The zero-order valence-corrected chi connectivity index (χ0v) is 9.41. The molecule has 0 spiro atoms. The van der Waals surface area contributed by atoms with Crippen LogP contribution in [0.3, 0.4) is 0 Å². The van der Waals surface area contributed by atoms with Gasteiger partial charge in [-0.05, 0) is 39.3 Å². The van der Waals surface area contributed by atoms with Crippen LogP contribution >= 0.6 is 0 Å². The molecule has 1 heterocycles. The van der Waals surface area contributed by atoms with Gasteiger partial charge in [0.05, 0.1) is 5.92 Å². The summed E-state index contributed by atoms with van der Waals surface area (Å²) >= 11 is 0. The summed E-state index contributed by atoms with van der Waals surface area (Å²) < 4.78 is 0. The topological polar surface area (TPSA) is 58.4 Å². The van der Waals surface area contributed by atoms with Crippen molar-refractivity contribution in [3.63, 3.8) is 0 Å². The lowest BCUT2D eigenvalue weighted by Crippen LogP contribution is -2.42. The zero-order chi connectivity index (χ0) is 10.8. The number of nitrogens with one attached hydrogen (secondary N) is 1. The van der Waals surface area contributed by atoms with E-state index in [1.807, 2.05) is 0 Å². The molecular formula is C11H21N3O. The Kier molecular flexibility index (Phi) is 3.26. The lowest BCUT2D eigenvalue weighted by Gasteiger charge is -2.21. The minimum Gasteiger partial charge on any atom is -0.352 e. The minimum absolute atomic E-state index is 0.0889. The lowest BCUT2D eigenvalue weighted by atomic mass is 10.3. The summed E-state index contributed by atoms with van der Waals surface area (Å²) in [5.74, 6) is 0.236. The molecule has 0 aromatic carbocycles. The van der Waals surface area contributed by atoms with Gasteiger partial charge >= 0.3 is 0 Å². The Bertz CT molecular complexity index is 238. The van der Waals surface area contributed by atoms with E-state index in [0.29, 0.717) is 0 Å². The molecule has 0 radical (unpaired) electrons. The summed E-state index contributed by atoms with van der Waals surface area (Å²) in [5.41, 5.74) is 5.64. The van der Waals surface area contributed by atoms with E-state index in [0.717, 1.165) is 13.0 Å². The Morgan fingerprint density at radius 3 is 2.67 bits per heavy atom. The van der Waals surface area contributed by atoms with E-state index in [9.17, 15) is 4.79 Å². The number of carbonyl (C=O) groups excluding carboxylic acids is 1. The summed E-state index contributed by atoms with van der Waals surface area (Å²) in [4.78, 5) is 14.0. The average Bonchev–Trinajstić information content (AvgIpc) is 2.70. The van der Waals surface area contributed by atoms with Crippen LogP contribution in [0.5, 0.6) is 0 Å². The highest BCUT2D eigenvalue weighted by Gasteiger charge is 2.40. The Labute approximate surface area is 91.2 Å². The summed E-state index contributed by atoms with van der Waals surface area (Å²) in [6, 6.07) is 0.368.